The summed E-state index contributed by atoms with van der Waals surface area (Å²) in [5.74, 6) is 0.747. The topological polar surface area (TPSA) is 87.3 Å². The van der Waals surface area contributed by atoms with Crippen molar-refractivity contribution in [2.45, 2.75) is 19.3 Å². The molecule has 0 saturated carbocycles. The number of nitrogens with one attached hydrogen (secondary N) is 2. The van der Waals surface area contributed by atoms with E-state index in [0.29, 0.717) is 38.2 Å². The molecule has 1 saturated heterocycles. The van der Waals surface area contributed by atoms with Crippen molar-refractivity contribution >= 4 is 22.7 Å². The van der Waals surface area contributed by atoms with E-state index in [0.717, 1.165) is 28.6 Å². The highest BCUT2D eigenvalue weighted by Gasteiger charge is 2.29. The van der Waals surface area contributed by atoms with Gasteiger partial charge in [-0.3, -0.25) is 14.7 Å². The van der Waals surface area contributed by atoms with E-state index in [1.54, 1.807) is 12.0 Å². The van der Waals surface area contributed by atoms with Crippen LogP contribution in [0.15, 0.2) is 48.5 Å². The Balaban J connectivity index is 1.28. The van der Waals surface area contributed by atoms with Crippen LogP contribution in [0.5, 0.6) is 5.75 Å². The third-order valence-electron chi connectivity index (χ3n) is 5.71. The molecule has 0 atom stereocenters. The lowest BCUT2D eigenvalue weighted by Gasteiger charge is -2.31. The monoisotopic (exact) mass is 406 g/mol. The van der Waals surface area contributed by atoms with Crippen LogP contribution < -0.4 is 10.1 Å². The summed E-state index contributed by atoms with van der Waals surface area (Å²) in [6.07, 6.45) is 2.04. The molecule has 0 bridgehead atoms. The van der Waals surface area contributed by atoms with Crippen LogP contribution in [-0.2, 0) is 11.2 Å². The molecule has 30 heavy (non-hydrogen) atoms. The number of aromatic amines is 1. The molecule has 2 aromatic carbocycles. The first-order chi connectivity index (χ1) is 14.7. The average molecular weight is 406 g/mol. The number of benzene rings is 2. The summed E-state index contributed by atoms with van der Waals surface area (Å²) in [7, 11) is 1.65. The average Bonchev–Trinajstić information content (AvgIpc) is 3.23. The molecule has 2 N–H and O–H groups in total. The van der Waals surface area contributed by atoms with E-state index in [4.69, 9.17) is 4.74 Å². The van der Waals surface area contributed by atoms with Gasteiger partial charge in [0.05, 0.1) is 12.6 Å². The first-order valence-electron chi connectivity index (χ1n) is 10.3. The molecule has 2 amide bonds. The fourth-order valence-electron chi connectivity index (χ4n) is 4.00. The van der Waals surface area contributed by atoms with Crippen molar-refractivity contribution in [3.63, 3.8) is 0 Å². The number of rotatable bonds is 6. The molecule has 3 aromatic rings. The number of carbonyl (C=O) groups excluding carboxylic acids is 2. The number of piperidine rings is 1. The lowest BCUT2D eigenvalue weighted by atomic mass is 9.95. The number of carbonyl (C=O) groups is 2. The Kier molecular flexibility index (Phi) is 5.97. The molecule has 7 nitrogen and oxygen atoms in total. The molecule has 0 unspecified atom stereocenters. The minimum Gasteiger partial charge on any atom is -0.496 e. The third-order valence-corrected chi connectivity index (χ3v) is 5.71. The van der Waals surface area contributed by atoms with Gasteiger partial charge in [0.1, 0.15) is 5.75 Å². The molecule has 7 heteroatoms. The SMILES string of the molecule is COc1ccccc1CCNC(=O)C1CCN(C(=O)c2n[nH]c3ccccc23)CC1. The van der Waals surface area contributed by atoms with E-state index in [1.165, 1.54) is 0 Å². The molecular formula is C23H26N4O3. The van der Waals surface area contributed by atoms with Crippen molar-refractivity contribution in [1.29, 1.82) is 0 Å². The van der Waals surface area contributed by atoms with Gasteiger partial charge in [-0.05, 0) is 37.0 Å². The van der Waals surface area contributed by atoms with Gasteiger partial charge in [-0.15, -0.1) is 0 Å². The largest absolute Gasteiger partial charge is 0.496 e. The molecule has 156 valence electrons. The zero-order chi connectivity index (χ0) is 20.9. The fraction of sp³-hybridized carbons (Fsp3) is 0.348. The number of aromatic nitrogens is 2. The van der Waals surface area contributed by atoms with Gasteiger partial charge in [-0.25, -0.2) is 0 Å². The molecule has 4 rings (SSSR count). The van der Waals surface area contributed by atoms with Gasteiger partial charge >= 0.3 is 0 Å². The van der Waals surface area contributed by atoms with Crippen LogP contribution in [0.2, 0.25) is 0 Å². The number of amides is 2. The van der Waals surface area contributed by atoms with Gasteiger partial charge in [0.15, 0.2) is 5.69 Å². The number of hydrogen-bond donors (Lipinski definition) is 2. The second kappa shape index (κ2) is 8.98. The number of ether oxygens (including phenoxy) is 1. The Bertz CT molecular complexity index is 1040. The first-order valence-corrected chi connectivity index (χ1v) is 10.3. The highest BCUT2D eigenvalue weighted by atomic mass is 16.5. The van der Waals surface area contributed by atoms with Crippen LogP contribution in [-0.4, -0.2) is 53.7 Å². The lowest BCUT2D eigenvalue weighted by Crippen LogP contribution is -2.43. The molecule has 0 radical (unpaired) electrons. The summed E-state index contributed by atoms with van der Waals surface area (Å²) in [5.41, 5.74) is 2.38. The number of hydrogen-bond acceptors (Lipinski definition) is 4. The predicted octanol–water partition coefficient (Wildman–Crippen LogP) is 2.78. The molecule has 0 aliphatic carbocycles. The maximum atomic E-state index is 12.9. The van der Waals surface area contributed by atoms with Crippen LogP contribution in [0.4, 0.5) is 0 Å². The normalized spacial score (nSPS) is 14.6. The van der Waals surface area contributed by atoms with Gasteiger partial charge in [0, 0.05) is 30.9 Å². The Hall–Kier alpha value is -3.35. The Morgan fingerprint density at radius 1 is 1.13 bits per heavy atom. The van der Waals surface area contributed by atoms with E-state index >= 15 is 0 Å². The molecule has 0 spiro atoms. The molecule has 1 aliphatic heterocycles. The zero-order valence-corrected chi connectivity index (χ0v) is 17.1. The molecule has 2 heterocycles. The van der Waals surface area contributed by atoms with Crippen LogP contribution in [0, 0.1) is 5.92 Å². The van der Waals surface area contributed by atoms with Gasteiger partial charge < -0.3 is 15.0 Å². The summed E-state index contributed by atoms with van der Waals surface area (Å²) < 4.78 is 5.35. The minimum atomic E-state index is -0.0810. The van der Waals surface area contributed by atoms with Crippen LogP contribution in [0.3, 0.4) is 0 Å². The standard InChI is InChI=1S/C23H26N4O3/c1-30-20-9-5-2-6-16(20)10-13-24-22(28)17-11-14-27(15-12-17)23(29)21-18-7-3-4-8-19(18)25-26-21/h2-9,17H,10-15H2,1H3,(H,24,28)(H,25,26). The highest BCUT2D eigenvalue weighted by Crippen LogP contribution is 2.22. The Morgan fingerprint density at radius 3 is 2.67 bits per heavy atom. The van der Waals surface area contributed by atoms with E-state index in [2.05, 4.69) is 15.5 Å². The van der Waals surface area contributed by atoms with Crippen molar-refractivity contribution in [2.75, 3.05) is 26.7 Å². The summed E-state index contributed by atoms with van der Waals surface area (Å²) in [5, 5.41) is 11.0. The summed E-state index contributed by atoms with van der Waals surface area (Å²) in [6.45, 7) is 1.69. The maximum absolute atomic E-state index is 12.9. The van der Waals surface area contributed by atoms with E-state index in [-0.39, 0.29) is 17.7 Å². The zero-order valence-electron chi connectivity index (χ0n) is 17.1. The summed E-state index contributed by atoms with van der Waals surface area (Å²) >= 11 is 0. The highest BCUT2D eigenvalue weighted by molar-refractivity contribution is 6.04. The summed E-state index contributed by atoms with van der Waals surface area (Å²) in [4.78, 5) is 27.2. The third kappa shape index (κ3) is 4.15. The lowest BCUT2D eigenvalue weighted by molar-refractivity contribution is -0.126. The maximum Gasteiger partial charge on any atom is 0.274 e. The predicted molar refractivity (Wildman–Crippen MR) is 114 cm³/mol. The van der Waals surface area contributed by atoms with Crippen LogP contribution in [0.25, 0.3) is 10.9 Å². The number of para-hydroxylation sites is 2. The number of likely N-dealkylation sites (tertiary alicyclic amines) is 1. The molecule has 1 aliphatic rings. The van der Waals surface area contributed by atoms with E-state index < -0.39 is 0 Å². The second-order valence-electron chi connectivity index (χ2n) is 7.54. The second-order valence-corrected chi connectivity index (χ2v) is 7.54. The van der Waals surface area contributed by atoms with E-state index in [1.807, 2.05) is 48.5 Å². The van der Waals surface area contributed by atoms with Crippen LogP contribution >= 0.6 is 0 Å². The molecule has 1 aromatic heterocycles. The van der Waals surface area contributed by atoms with Gasteiger partial charge in [-0.2, -0.15) is 5.10 Å². The fourth-order valence-corrected chi connectivity index (χ4v) is 4.00. The van der Waals surface area contributed by atoms with Crippen molar-refractivity contribution in [3.05, 3.63) is 59.8 Å². The van der Waals surface area contributed by atoms with E-state index in [9.17, 15) is 9.59 Å². The Morgan fingerprint density at radius 2 is 1.87 bits per heavy atom. The van der Waals surface area contributed by atoms with Crippen molar-refractivity contribution < 1.29 is 14.3 Å². The number of H-pyrrole nitrogens is 1. The number of fused-ring (bicyclic) bond motifs is 1. The molecule has 1 fully saturated rings. The van der Waals surface area contributed by atoms with Gasteiger partial charge in [0.2, 0.25) is 5.91 Å². The Labute approximate surface area is 175 Å². The van der Waals surface area contributed by atoms with Crippen molar-refractivity contribution in [3.8, 4) is 5.75 Å². The van der Waals surface area contributed by atoms with Crippen molar-refractivity contribution in [2.24, 2.45) is 5.92 Å². The first kappa shape index (κ1) is 19.9. The van der Waals surface area contributed by atoms with Gasteiger partial charge in [0.25, 0.3) is 5.91 Å². The van der Waals surface area contributed by atoms with Crippen molar-refractivity contribution in [1.82, 2.24) is 20.4 Å². The number of methoxy groups -OCH3 is 1. The number of nitrogens with zero attached hydrogens (tertiary/aromatic N) is 2. The minimum absolute atomic E-state index is 0.0576. The molecular weight excluding hydrogens is 380 g/mol. The van der Waals surface area contributed by atoms with Gasteiger partial charge in [-0.1, -0.05) is 36.4 Å². The summed E-state index contributed by atoms with van der Waals surface area (Å²) in [6, 6.07) is 15.4. The van der Waals surface area contributed by atoms with Crippen LogP contribution in [0.1, 0.15) is 28.9 Å². The smallest absolute Gasteiger partial charge is 0.274 e. The quantitative estimate of drug-likeness (QED) is 0.659.